The van der Waals surface area contributed by atoms with Crippen LogP contribution in [-0.4, -0.2) is 24.0 Å². The summed E-state index contributed by atoms with van der Waals surface area (Å²) in [6.45, 7) is 12.2. The molecule has 1 spiro atoms. The van der Waals surface area contributed by atoms with Gasteiger partial charge in [0.1, 0.15) is 0 Å². The first-order chi connectivity index (χ1) is 6.05. The molecule has 0 aromatic rings. The molecule has 1 nitrogen and oxygen atoms in total. The molecule has 1 heterocycles. The Bertz CT molecular complexity index is 191. The largest absolute Gasteiger partial charge is 0.300 e. The number of hydrogen-bond donors (Lipinski definition) is 0. The zero-order valence-corrected chi connectivity index (χ0v) is 9.51. The Labute approximate surface area is 82.5 Å². The minimum Gasteiger partial charge on any atom is -0.300 e. The average molecular weight is 181 g/mol. The molecule has 1 saturated carbocycles. The van der Waals surface area contributed by atoms with Crippen molar-refractivity contribution in [3.8, 4) is 0 Å². The highest BCUT2D eigenvalue weighted by Crippen LogP contribution is 2.58. The molecule has 0 aromatic heterocycles. The second-order valence-electron chi connectivity index (χ2n) is 5.74. The van der Waals surface area contributed by atoms with E-state index in [1.54, 1.807) is 0 Å². The smallest absolute Gasteiger partial charge is 0.00440 e. The van der Waals surface area contributed by atoms with Crippen LogP contribution in [0.15, 0.2) is 0 Å². The maximum absolute atomic E-state index is 2.68. The highest BCUT2D eigenvalue weighted by Gasteiger charge is 2.55. The zero-order valence-electron chi connectivity index (χ0n) is 9.51. The van der Waals surface area contributed by atoms with Gasteiger partial charge in [0.2, 0.25) is 0 Å². The van der Waals surface area contributed by atoms with Gasteiger partial charge < -0.3 is 4.90 Å². The van der Waals surface area contributed by atoms with Crippen molar-refractivity contribution in [3.05, 3.63) is 0 Å². The van der Waals surface area contributed by atoms with E-state index in [1.807, 2.05) is 0 Å². The Morgan fingerprint density at radius 2 is 1.77 bits per heavy atom. The molecule has 0 N–H and O–H groups in total. The lowest BCUT2D eigenvalue weighted by molar-refractivity contribution is 0.253. The molecular formula is C12H23N. The summed E-state index contributed by atoms with van der Waals surface area (Å²) >= 11 is 0. The summed E-state index contributed by atoms with van der Waals surface area (Å²) in [4.78, 5) is 2.68. The van der Waals surface area contributed by atoms with Crippen LogP contribution in [0.2, 0.25) is 0 Å². The molecule has 0 amide bonds. The van der Waals surface area contributed by atoms with Crippen LogP contribution in [0.5, 0.6) is 0 Å². The third-order valence-electron chi connectivity index (χ3n) is 4.16. The van der Waals surface area contributed by atoms with Crippen LogP contribution in [0.1, 0.15) is 40.5 Å². The number of rotatable bonds is 2. The predicted octanol–water partition coefficient (Wildman–Crippen LogP) is 2.76. The van der Waals surface area contributed by atoms with Gasteiger partial charge in [0.25, 0.3) is 0 Å². The molecule has 1 saturated heterocycles. The molecule has 2 fully saturated rings. The van der Waals surface area contributed by atoms with Crippen molar-refractivity contribution in [2.75, 3.05) is 13.1 Å². The van der Waals surface area contributed by atoms with E-state index in [-0.39, 0.29) is 0 Å². The van der Waals surface area contributed by atoms with Gasteiger partial charge in [0.05, 0.1) is 0 Å². The maximum atomic E-state index is 2.68. The summed E-state index contributed by atoms with van der Waals surface area (Å²) < 4.78 is 0. The number of hydrogen-bond acceptors (Lipinski definition) is 1. The van der Waals surface area contributed by atoms with Crippen LogP contribution < -0.4 is 0 Å². The van der Waals surface area contributed by atoms with Crippen LogP contribution in [0.25, 0.3) is 0 Å². The zero-order chi connectivity index (χ0) is 9.64. The number of likely N-dealkylation sites (tertiary alicyclic amines) is 1. The summed E-state index contributed by atoms with van der Waals surface area (Å²) in [6.07, 6.45) is 3.00. The van der Waals surface area contributed by atoms with Crippen LogP contribution in [0, 0.1) is 17.3 Å². The minimum atomic E-state index is 0.751. The van der Waals surface area contributed by atoms with Gasteiger partial charge >= 0.3 is 0 Å². The Morgan fingerprint density at radius 1 is 1.15 bits per heavy atom. The molecule has 1 atom stereocenters. The van der Waals surface area contributed by atoms with Crippen molar-refractivity contribution < 1.29 is 0 Å². The molecule has 0 radical (unpaired) electrons. The molecule has 2 aliphatic rings. The van der Waals surface area contributed by atoms with Gasteiger partial charge in [-0.15, -0.1) is 0 Å². The predicted molar refractivity (Wildman–Crippen MR) is 56.7 cm³/mol. The third-order valence-corrected chi connectivity index (χ3v) is 4.16. The van der Waals surface area contributed by atoms with Crippen LogP contribution >= 0.6 is 0 Å². The normalized spacial score (nSPS) is 32.3. The standard InChI is InChI=1S/C12H23N/c1-9(2)11-7-13(10(3)4)8-12(11)5-6-12/h9-11H,5-8H2,1-4H3/t11-/m0/s1. The molecule has 13 heavy (non-hydrogen) atoms. The molecule has 0 unspecified atom stereocenters. The van der Waals surface area contributed by atoms with Crippen molar-refractivity contribution in [1.29, 1.82) is 0 Å². The quantitative estimate of drug-likeness (QED) is 0.633. The highest BCUT2D eigenvalue weighted by molar-refractivity contribution is 5.07. The first-order valence-corrected chi connectivity index (χ1v) is 5.79. The number of nitrogens with zero attached hydrogens (tertiary/aromatic N) is 1. The summed E-state index contributed by atoms with van der Waals surface area (Å²) in [5.41, 5.74) is 0.762. The topological polar surface area (TPSA) is 3.24 Å². The maximum Gasteiger partial charge on any atom is 0.00440 e. The van der Waals surface area contributed by atoms with E-state index in [4.69, 9.17) is 0 Å². The molecule has 0 bridgehead atoms. The van der Waals surface area contributed by atoms with E-state index < -0.39 is 0 Å². The van der Waals surface area contributed by atoms with Crippen molar-refractivity contribution in [1.82, 2.24) is 4.90 Å². The first-order valence-electron chi connectivity index (χ1n) is 5.79. The molecule has 1 aliphatic heterocycles. The average Bonchev–Trinajstić information content (AvgIpc) is 2.61. The molecule has 2 rings (SSSR count). The second kappa shape index (κ2) is 2.98. The van der Waals surface area contributed by atoms with Gasteiger partial charge in [-0.3, -0.25) is 0 Å². The van der Waals surface area contributed by atoms with Crippen LogP contribution in [-0.2, 0) is 0 Å². The lowest BCUT2D eigenvalue weighted by atomic mass is 9.84. The Balaban J connectivity index is 2.05. The fourth-order valence-electron chi connectivity index (χ4n) is 3.03. The van der Waals surface area contributed by atoms with Gasteiger partial charge in [-0.2, -0.15) is 0 Å². The third kappa shape index (κ3) is 1.52. The van der Waals surface area contributed by atoms with E-state index in [2.05, 4.69) is 32.6 Å². The summed E-state index contributed by atoms with van der Waals surface area (Å²) in [6, 6.07) is 0.751. The lowest BCUT2D eigenvalue weighted by Crippen LogP contribution is -2.29. The van der Waals surface area contributed by atoms with E-state index in [9.17, 15) is 0 Å². The van der Waals surface area contributed by atoms with Gasteiger partial charge in [0, 0.05) is 19.1 Å². The highest BCUT2D eigenvalue weighted by atomic mass is 15.2. The summed E-state index contributed by atoms with van der Waals surface area (Å²) in [7, 11) is 0. The summed E-state index contributed by atoms with van der Waals surface area (Å²) in [5, 5.41) is 0. The van der Waals surface area contributed by atoms with E-state index in [0.717, 1.165) is 23.3 Å². The van der Waals surface area contributed by atoms with Crippen molar-refractivity contribution >= 4 is 0 Å². The molecule has 1 heteroatoms. The fraction of sp³-hybridized carbons (Fsp3) is 1.00. The Morgan fingerprint density at radius 3 is 2.08 bits per heavy atom. The van der Waals surface area contributed by atoms with Crippen molar-refractivity contribution in [3.63, 3.8) is 0 Å². The van der Waals surface area contributed by atoms with E-state index >= 15 is 0 Å². The van der Waals surface area contributed by atoms with Crippen molar-refractivity contribution in [2.24, 2.45) is 17.3 Å². The second-order valence-corrected chi connectivity index (χ2v) is 5.74. The van der Waals surface area contributed by atoms with Gasteiger partial charge in [-0.25, -0.2) is 0 Å². The van der Waals surface area contributed by atoms with Gasteiger partial charge in [-0.05, 0) is 43.9 Å². The molecule has 0 aromatic carbocycles. The Hall–Kier alpha value is -0.0400. The lowest BCUT2D eigenvalue weighted by Gasteiger charge is -2.21. The van der Waals surface area contributed by atoms with Crippen molar-refractivity contribution in [2.45, 2.75) is 46.6 Å². The Kier molecular flexibility index (Phi) is 2.18. The fourth-order valence-corrected chi connectivity index (χ4v) is 3.03. The minimum absolute atomic E-state index is 0.751. The van der Waals surface area contributed by atoms with Gasteiger partial charge in [0.15, 0.2) is 0 Å². The molecule has 76 valence electrons. The molecule has 1 aliphatic carbocycles. The monoisotopic (exact) mass is 181 g/mol. The van der Waals surface area contributed by atoms with Crippen LogP contribution in [0.4, 0.5) is 0 Å². The van der Waals surface area contributed by atoms with E-state index in [1.165, 1.54) is 25.9 Å². The van der Waals surface area contributed by atoms with Crippen LogP contribution in [0.3, 0.4) is 0 Å². The van der Waals surface area contributed by atoms with E-state index in [0.29, 0.717) is 0 Å². The summed E-state index contributed by atoms with van der Waals surface area (Å²) in [5.74, 6) is 1.86. The SMILES string of the molecule is CC(C)[C@@H]1CN(C(C)C)CC12CC2. The molecular weight excluding hydrogens is 158 g/mol. The van der Waals surface area contributed by atoms with Gasteiger partial charge in [-0.1, -0.05) is 13.8 Å². The first kappa shape index (κ1) is 9.51.